The Hall–Kier alpha value is -5.16. The van der Waals surface area contributed by atoms with Crippen LogP contribution in [0, 0.1) is 5.92 Å². The number of aryl methyl sites for hydroxylation is 2. The number of ketones is 1. The van der Waals surface area contributed by atoms with Gasteiger partial charge in [-0.2, -0.15) is 0 Å². The van der Waals surface area contributed by atoms with E-state index in [1.165, 1.54) is 11.6 Å². The maximum atomic E-state index is 14.4. The first kappa shape index (κ1) is 36.6. The molecule has 2 atom stereocenters. The van der Waals surface area contributed by atoms with Crippen molar-refractivity contribution >= 4 is 28.3 Å². The molecule has 52 heavy (non-hydrogen) atoms. The highest BCUT2D eigenvalue weighted by molar-refractivity contribution is 5.91. The van der Waals surface area contributed by atoms with E-state index in [9.17, 15) is 14.4 Å². The van der Waals surface area contributed by atoms with Crippen molar-refractivity contribution in [3.05, 3.63) is 108 Å². The van der Waals surface area contributed by atoms with Crippen LogP contribution in [0.3, 0.4) is 0 Å². The monoisotopic (exact) mass is 706 g/mol. The van der Waals surface area contributed by atoms with Gasteiger partial charge in [0.15, 0.2) is 11.3 Å². The molecule has 4 aromatic rings. The number of Topliss-reactive ketones (excluding diaryl/α,β-unsaturated/α-hetero) is 1. The Labute approximate surface area is 305 Å². The van der Waals surface area contributed by atoms with Crippen LogP contribution in [0.5, 0.6) is 0 Å². The summed E-state index contributed by atoms with van der Waals surface area (Å²) in [6.45, 7) is 6.88. The molecule has 11 heteroatoms. The van der Waals surface area contributed by atoms with E-state index in [1.807, 2.05) is 49.4 Å². The second-order valence-electron chi connectivity index (χ2n) is 13.7. The summed E-state index contributed by atoms with van der Waals surface area (Å²) in [6.07, 6.45) is 16.4. The van der Waals surface area contributed by atoms with Gasteiger partial charge in [0.25, 0.3) is 5.82 Å². The predicted molar refractivity (Wildman–Crippen MR) is 202 cm³/mol. The third-order valence-electron chi connectivity index (χ3n) is 9.55. The molecule has 1 aromatic carbocycles. The number of hydrogen-bond donors (Lipinski definition) is 3. The van der Waals surface area contributed by atoms with Gasteiger partial charge in [-0.1, -0.05) is 40.9 Å². The van der Waals surface area contributed by atoms with E-state index in [2.05, 4.69) is 32.7 Å². The molecule has 4 heterocycles. The summed E-state index contributed by atoms with van der Waals surface area (Å²) in [5.41, 5.74) is 3.70. The predicted octanol–water partition coefficient (Wildman–Crippen LogP) is 7.01. The number of pyridine rings is 2. The second kappa shape index (κ2) is 17.9. The molecule has 10 nitrogen and oxygen atoms in total. The average Bonchev–Trinajstić information content (AvgIpc) is 3.14. The number of rotatable bonds is 16. The number of halogens is 1. The molecule has 1 aliphatic carbocycles. The van der Waals surface area contributed by atoms with E-state index < -0.39 is 6.04 Å². The van der Waals surface area contributed by atoms with Crippen molar-refractivity contribution in [2.75, 3.05) is 43.4 Å². The number of ether oxygens (including phenoxy) is 1. The van der Waals surface area contributed by atoms with Crippen LogP contribution in [0.4, 0.5) is 16.0 Å². The topological polar surface area (TPSA) is 116 Å². The Bertz CT molecular complexity index is 1930. The molecule has 6 rings (SSSR count). The van der Waals surface area contributed by atoms with Crippen molar-refractivity contribution < 1.29 is 23.9 Å². The molecule has 0 bridgehead atoms. The van der Waals surface area contributed by atoms with E-state index in [0.29, 0.717) is 60.0 Å². The molecule has 0 fully saturated rings. The van der Waals surface area contributed by atoms with Gasteiger partial charge in [0.1, 0.15) is 30.1 Å². The number of nitrogens with one attached hydrogen (secondary N) is 2. The summed E-state index contributed by atoms with van der Waals surface area (Å²) < 4.78 is 21.5. The number of unbranched alkanes of at least 4 members (excludes halogenated alkanes) is 1. The van der Waals surface area contributed by atoms with Gasteiger partial charge in [-0.25, -0.2) is 9.37 Å². The smallest absolute Gasteiger partial charge is 0.309 e. The number of aromatic nitrogens is 4. The highest BCUT2D eigenvalue weighted by Gasteiger charge is 2.27. The normalized spacial score (nSPS) is 18.9. The summed E-state index contributed by atoms with van der Waals surface area (Å²) >= 11 is 0. The molecule has 272 valence electrons. The van der Waals surface area contributed by atoms with Gasteiger partial charge >= 0.3 is 5.82 Å². The standard InChI is InChI=1S/C41H48FN7O3/c1-29-10-7-14-35(27-33(42)26-29)52-25-24-48(22-6-5-13-34-18-17-31-11-9-21-44-39(31)45-34)23-19-37(30(2)50)46-41-36-15-3-4-16-38(36)47-40(49(41)51)32-12-8-20-43-28-32/h3-4,7-8,12,14-18,20,26-29,37,51H,5-6,9-11,13,19,21-25H2,1-2H3,(H,44,45)/p+1/b14-7+,33-26+,35-27+/t29?,37-/m0/s1. The summed E-state index contributed by atoms with van der Waals surface area (Å²) in [4.78, 5) is 29.2. The SMILES string of the molecule is CC(=O)[C@H](CCN(CCCCc1ccc2c(n1)NCCC2)CCOC1=C/C(F)=C\C(C)C\C=C\1)Nc1c2ccccc2nc(-c2cccnc2)[n+]1O. The highest BCUT2D eigenvalue weighted by atomic mass is 19.1. The number of allylic oxidation sites excluding steroid dienone is 5. The third kappa shape index (κ3) is 9.79. The minimum atomic E-state index is -0.584. The van der Waals surface area contributed by atoms with Crippen molar-refractivity contribution in [1.29, 1.82) is 0 Å². The lowest BCUT2D eigenvalue weighted by Crippen LogP contribution is -2.43. The number of carbonyl (C=O) groups excluding carboxylic acids is 1. The van der Waals surface area contributed by atoms with E-state index in [0.717, 1.165) is 67.9 Å². The number of anilines is 2. The van der Waals surface area contributed by atoms with Crippen LogP contribution in [0.25, 0.3) is 22.3 Å². The number of carbonyl (C=O) groups is 1. The van der Waals surface area contributed by atoms with Crippen molar-refractivity contribution in [3.63, 3.8) is 0 Å². The van der Waals surface area contributed by atoms with Crippen LogP contribution in [-0.2, 0) is 22.4 Å². The molecule has 0 saturated carbocycles. The molecule has 0 spiro atoms. The zero-order valence-corrected chi connectivity index (χ0v) is 30.1. The lowest BCUT2D eigenvalue weighted by Gasteiger charge is -2.25. The van der Waals surface area contributed by atoms with Crippen LogP contribution in [-0.4, -0.2) is 69.7 Å². The fourth-order valence-electron chi connectivity index (χ4n) is 6.67. The zero-order chi connectivity index (χ0) is 36.3. The molecule has 1 aliphatic heterocycles. The molecule has 2 aliphatic rings. The van der Waals surface area contributed by atoms with E-state index in [-0.39, 0.29) is 17.5 Å². The fourth-order valence-corrected chi connectivity index (χ4v) is 6.67. The molecular formula is C41H49FN7O3+. The summed E-state index contributed by atoms with van der Waals surface area (Å²) in [5, 5.41) is 18.9. The molecule has 3 N–H and O–H groups in total. The molecular weight excluding hydrogens is 657 g/mol. The van der Waals surface area contributed by atoms with Crippen LogP contribution in [0.1, 0.15) is 57.2 Å². The van der Waals surface area contributed by atoms with Crippen LogP contribution in [0.2, 0.25) is 0 Å². The van der Waals surface area contributed by atoms with Crippen molar-refractivity contribution in [2.24, 2.45) is 5.92 Å². The van der Waals surface area contributed by atoms with Gasteiger partial charge in [-0.15, -0.1) is 0 Å². The number of fused-ring (bicyclic) bond motifs is 2. The van der Waals surface area contributed by atoms with Crippen LogP contribution < -0.4 is 15.4 Å². The maximum Gasteiger partial charge on any atom is 0.309 e. The lowest BCUT2D eigenvalue weighted by atomic mass is 10.1. The maximum absolute atomic E-state index is 14.4. The number of benzene rings is 1. The van der Waals surface area contributed by atoms with Crippen LogP contribution in [0.15, 0.2) is 96.8 Å². The largest absolute Gasteiger partial charge is 0.492 e. The van der Waals surface area contributed by atoms with Crippen molar-refractivity contribution in [2.45, 2.75) is 64.8 Å². The van der Waals surface area contributed by atoms with Crippen LogP contribution >= 0.6 is 0 Å². The van der Waals surface area contributed by atoms with Gasteiger partial charge < -0.3 is 15.3 Å². The Morgan fingerprint density at radius 3 is 2.87 bits per heavy atom. The second-order valence-corrected chi connectivity index (χ2v) is 13.7. The van der Waals surface area contributed by atoms with Crippen molar-refractivity contribution in [1.82, 2.24) is 19.9 Å². The van der Waals surface area contributed by atoms with E-state index in [4.69, 9.17) is 14.7 Å². The zero-order valence-electron chi connectivity index (χ0n) is 30.1. The Morgan fingerprint density at radius 1 is 1.13 bits per heavy atom. The molecule has 0 radical (unpaired) electrons. The first-order chi connectivity index (χ1) is 25.3. The minimum absolute atomic E-state index is 0.0478. The Kier molecular flexibility index (Phi) is 12.6. The van der Waals surface area contributed by atoms with Gasteiger partial charge in [0.05, 0.1) is 10.9 Å². The lowest BCUT2D eigenvalue weighted by molar-refractivity contribution is -0.885. The van der Waals surface area contributed by atoms with Gasteiger partial charge in [0, 0.05) is 50.2 Å². The third-order valence-corrected chi connectivity index (χ3v) is 9.55. The number of hydrogen-bond acceptors (Lipinski definition) is 9. The first-order valence-electron chi connectivity index (χ1n) is 18.4. The van der Waals surface area contributed by atoms with Gasteiger partial charge in [-0.05, 0) is 106 Å². The molecule has 0 amide bonds. The summed E-state index contributed by atoms with van der Waals surface area (Å²) in [5.74, 6) is 2.01. The Balaban J connectivity index is 1.14. The van der Waals surface area contributed by atoms with Gasteiger partial charge in [0.2, 0.25) is 0 Å². The fraction of sp³-hybridized carbons (Fsp3) is 0.390. The number of nitrogens with zero attached hydrogens (tertiary/aromatic N) is 5. The summed E-state index contributed by atoms with van der Waals surface area (Å²) in [6, 6.07) is 14.9. The highest BCUT2D eigenvalue weighted by Crippen LogP contribution is 2.25. The van der Waals surface area contributed by atoms with Gasteiger partial charge in [-0.3, -0.25) is 20.0 Å². The minimum Gasteiger partial charge on any atom is -0.492 e. The van der Waals surface area contributed by atoms with Crippen molar-refractivity contribution in [3.8, 4) is 11.4 Å². The Morgan fingerprint density at radius 2 is 2.02 bits per heavy atom. The quantitative estimate of drug-likeness (QED) is 0.0643. The van der Waals surface area contributed by atoms with E-state index >= 15 is 0 Å². The molecule has 1 unspecified atom stereocenters. The first-order valence-corrected chi connectivity index (χ1v) is 18.4. The number of para-hydroxylation sites is 1. The molecule has 0 saturated heterocycles. The molecule has 3 aromatic heterocycles. The summed E-state index contributed by atoms with van der Waals surface area (Å²) in [7, 11) is 0. The van der Waals surface area contributed by atoms with E-state index in [1.54, 1.807) is 31.5 Å². The average molecular weight is 707 g/mol.